The van der Waals surface area contributed by atoms with E-state index in [1.807, 2.05) is 37.5 Å². The molecule has 0 saturated carbocycles. The van der Waals surface area contributed by atoms with Crippen LogP contribution >= 0.6 is 0 Å². The minimum atomic E-state index is -0.751. The lowest BCUT2D eigenvalue weighted by molar-refractivity contribution is -0.139. The van der Waals surface area contributed by atoms with Crippen LogP contribution in [0, 0.1) is 0 Å². The van der Waals surface area contributed by atoms with Crippen molar-refractivity contribution < 1.29 is 19.8 Å². The van der Waals surface area contributed by atoms with Crippen LogP contribution in [-0.2, 0) is 9.59 Å². The van der Waals surface area contributed by atoms with E-state index in [4.69, 9.17) is 10.2 Å². The summed E-state index contributed by atoms with van der Waals surface area (Å²) in [6, 6.07) is 0. The average molecular weight is 262 g/mol. The number of likely N-dealkylation sites (N-methyl/N-ethyl adjacent to an activating group) is 2. The molecule has 108 valence electrons. The van der Waals surface area contributed by atoms with Gasteiger partial charge in [-0.25, -0.2) is 0 Å². The minimum absolute atomic E-state index is 0.160. The summed E-state index contributed by atoms with van der Waals surface area (Å²) in [5.41, 5.74) is 0. The Balaban J connectivity index is 0. The Bertz CT molecular complexity index is 202. The molecule has 0 fully saturated rings. The largest absolute Gasteiger partial charge is 0.480 e. The standard InChI is InChI=1S/2C6H13NO2/c2*1-3-7(4-2)5-6(8)9/h2*3-5H2,1-2H3,(H,8,9). The smallest absolute Gasteiger partial charge is 0.317 e. The van der Waals surface area contributed by atoms with Gasteiger partial charge in [0.05, 0.1) is 13.1 Å². The first-order chi connectivity index (χ1) is 8.40. The molecule has 0 heterocycles. The minimum Gasteiger partial charge on any atom is -0.480 e. The topological polar surface area (TPSA) is 81.1 Å². The Kier molecular flexibility index (Phi) is 13.1. The Hall–Kier alpha value is -1.14. The van der Waals surface area contributed by atoms with E-state index in [0.29, 0.717) is 0 Å². The van der Waals surface area contributed by atoms with E-state index in [2.05, 4.69) is 0 Å². The third-order valence-electron chi connectivity index (χ3n) is 2.51. The summed E-state index contributed by atoms with van der Waals surface area (Å²) in [6.45, 7) is 11.4. The number of carbonyl (C=O) groups is 2. The van der Waals surface area contributed by atoms with Crippen molar-refractivity contribution >= 4 is 11.9 Å². The molecule has 0 aliphatic rings. The van der Waals surface area contributed by atoms with Crippen LogP contribution in [0.3, 0.4) is 0 Å². The summed E-state index contributed by atoms with van der Waals surface area (Å²) in [7, 11) is 0. The van der Waals surface area contributed by atoms with Crippen molar-refractivity contribution in [1.29, 1.82) is 0 Å². The van der Waals surface area contributed by atoms with Gasteiger partial charge in [-0.1, -0.05) is 27.7 Å². The van der Waals surface area contributed by atoms with Crippen molar-refractivity contribution in [3.8, 4) is 0 Å². The van der Waals surface area contributed by atoms with Gasteiger partial charge >= 0.3 is 11.9 Å². The van der Waals surface area contributed by atoms with E-state index in [0.717, 1.165) is 26.2 Å². The molecule has 0 rings (SSSR count). The van der Waals surface area contributed by atoms with Gasteiger partial charge in [0.25, 0.3) is 0 Å². The molecule has 0 aliphatic carbocycles. The summed E-state index contributed by atoms with van der Waals surface area (Å²) < 4.78 is 0. The summed E-state index contributed by atoms with van der Waals surface area (Å²) in [5, 5.41) is 16.6. The van der Waals surface area contributed by atoms with Crippen LogP contribution < -0.4 is 0 Å². The molecular weight excluding hydrogens is 236 g/mol. The van der Waals surface area contributed by atoms with Gasteiger partial charge in [-0.15, -0.1) is 0 Å². The molecule has 0 radical (unpaired) electrons. The van der Waals surface area contributed by atoms with Gasteiger partial charge in [0, 0.05) is 0 Å². The van der Waals surface area contributed by atoms with Gasteiger partial charge in [-0.3, -0.25) is 19.4 Å². The molecule has 0 aromatic carbocycles. The van der Waals surface area contributed by atoms with Crippen LogP contribution in [0.15, 0.2) is 0 Å². The van der Waals surface area contributed by atoms with Crippen molar-refractivity contribution in [3.05, 3.63) is 0 Å². The molecule has 0 bridgehead atoms. The van der Waals surface area contributed by atoms with Crippen LogP contribution in [0.4, 0.5) is 0 Å². The fourth-order valence-corrected chi connectivity index (χ4v) is 1.28. The van der Waals surface area contributed by atoms with Crippen molar-refractivity contribution in [3.63, 3.8) is 0 Å². The fraction of sp³-hybridized carbons (Fsp3) is 0.833. The lowest BCUT2D eigenvalue weighted by Gasteiger charge is -2.13. The lowest BCUT2D eigenvalue weighted by atomic mass is 10.5. The highest BCUT2D eigenvalue weighted by atomic mass is 16.4. The molecule has 0 aliphatic heterocycles. The first-order valence-electron chi connectivity index (χ1n) is 6.29. The normalized spacial score (nSPS) is 10.1. The molecule has 6 nitrogen and oxygen atoms in total. The van der Waals surface area contributed by atoms with Crippen LogP contribution in [-0.4, -0.2) is 71.2 Å². The molecule has 6 heteroatoms. The van der Waals surface area contributed by atoms with E-state index in [1.54, 1.807) is 0 Å². The van der Waals surface area contributed by atoms with Gasteiger partial charge in [0.2, 0.25) is 0 Å². The number of rotatable bonds is 8. The molecule has 18 heavy (non-hydrogen) atoms. The zero-order chi connectivity index (χ0) is 14.6. The first kappa shape index (κ1) is 19.2. The highest BCUT2D eigenvalue weighted by Crippen LogP contribution is 1.84. The lowest BCUT2D eigenvalue weighted by Crippen LogP contribution is -2.29. The Morgan fingerprint density at radius 1 is 0.722 bits per heavy atom. The Labute approximate surface area is 109 Å². The Morgan fingerprint density at radius 3 is 1.00 bits per heavy atom. The quantitative estimate of drug-likeness (QED) is 0.674. The molecular formula is C12H26N2O4. The monoisotopic (exact) mass is 262 g/mol. The fourth-order valence-electron chi connectivity index (χ4n) is 1.28. The summed E-state index contributed by atoms with van der Waals surface area (Å²) in [5.74, 6) is -1.50. The van der Waals surface area contributed by atoms with Crippen LogP contribution in [0.5, 0.6) is 0 Å². The molecule has 0 amide bonds. The van der Waals surface area contributed by atoms with Crippen LogP contribution in [0.25, 0.3) is 0 Å². The molecule has 0 spiro atoms. The average Bonchev–Trinajstić information content (AvgIpc) is 2.33. The maximum absolute atomic E-state index is 10.1. The molecule has 0 aromatic rings. The second-order valence-corrected chi connectivity index (χ2v) is 3.71. The second kappa shape index (κ2) is 12.3. The first-order valence-corrected chi connectivity index (χ1v) is 6.29. The highest BCUT2D eigenvalue weighted by Gasteiger charge is 2.03. The van der Waals surface area contributed by atoms with Gasteiger partial charge in [0.15, 0.2) is 0 Å². The summed E-state index contributed by atoms with van der Waals surface area (Å²) in [4.78, 5) is 23.9. The second-order valence-electron chi connectivity index (χ2n) is 3.71. The van der Waals surface area contributed by atoms with Gasteiger partial charge in [-0.05, 0) is 26.2 Å². The van der Waals surface area contributed by atoms with Crippen molar-refractivity contribution in [2.24, 2.45) is 0 Å². The Morgan fingerprint density at radius 2 is 0.944 bits per heavy atom. The highest BCUT2D eigenvalue weighted by molar-refractivity contribution is 5.69. The molecule has 0 atom stereocenters. The maximum Gasteiger partial charge on any atom is 0.317 e. The molecule has 0 saturated heterocycles. The number of aliphatic carboxylic acids is 2. The number of hydrogen-bond acceptors (Lipinski definition) is 4. The van der Waals surface area contributed by atoms with Gasteiger partial charge in [0.1, 0.15) is 0 Å². The number of nitrogens with zero attached hydrogens (tertiary/aromatic N) is 2. The van der Waals surface area contributed by atoms with Crippen molar-refractivity contribution in [1.82, 2.24) is 9.80 Å². The maximum atomic E-state index is 10.1. The molecule has 0 aromatic heterocycles. The number of carboxylic acids is 2. The van der Waals surface area contributed by atoms with Gasteiger partial charge in [-0.2, -0.15) is 0 Å². The predicted octanol–water partition coefficient (Wildman–Crippen LogP) is 0.826. The zero-order valence-corrected chi connectivity index (χ0v) is 11.8. The van der Waals surface area contributed by atoms with E-state index < -0.39 is 11.9 Å². The van der Waals surface area contributed by atoms with Crippen LogP contribution in [0.2, 0.25) is 0 Å². The molecule has 0 unspecified atom stereocenters. The number of carboxylic acid groups (broad SMARTS) is 2. The summed E-state index contributed by atoms with van der Waals surface area (Å²) in [6.07, 6.45) is 0. The molecule has 2 N–H and O–H groups in total. The number of hydrogen-bond donors (Lipinski definition) is 2. The van der Waals surface area contributed by atoms with Crippen molar-refractivity contribution in [2.45, 2.75) is 27.7 Å². The van der Waals surface area contributed by atoms with E-state index >= 15 is 0 Å². The van der Waals surface area contributed by atoms with E-state index in [9.17, 15) is 9.59 Å². The van der Waals surface area contributed by atoms with E-state index in [1.165, 1.54) is 0 Å². The predicted molar refractivity (Wildman–Crippen MR) is 70.8 cm³/mol. The SMILES string of the molecule is CCN(CC)CC(=O)O.CCN(CC)CC(=O)O. The zero-order valence-electron chi connectivity index (χ0n) is 11.8. The van der Waals surface area contributed by atoms with Gasteiger partial charge < -0.3 is 10.2 Å². The van der Waals surface area contributed by atoms with Crippen LogP contribution in [0.1, 0.15) is 27.7 Å². The third kappa shape index (κ3) is 12.9. The van der Waals surface area contributed by atoms with Crippen molar-refractivity contribution in [2.75, 3.05) is 39.3 Å². The third-order valence-corrected chi connectivity index (χ3v) is 2.51. The van der Waals surface area contributed by atoms with E-state index in [-0.39, 0.29) is 13.1 Å². The summed E-state index contributed by atoms with van der Waals surface area (Å²) >= 11 is 0.